The molecule has 2 rings (SSSR count). The minimum atomic E-state index is -4.84. The Kier molecular flexibility index (Phi) is 4.30. The van der Waals surface area contributed by atoms with Crippen molar-refractivity contribution in [1.82, 2.24) is 0 Å². The van der Waals surface area contributed by atoms with E-state index in [2.05, 4.69) is 0 Å². The standard InChI is InChI=1S/C12H6Cl2F4OS/c13-9-4-6(11(14)20-9)10(19)5-1-2-8(15)7(3-5)12(16,17)18/h1-4,10,19H. The predicted octanol–water partition coefficient (Wildman–Crippen LogP) is 5.29. The van der Waals surface area contributed by atoms with E-state index >= 15 is 0 Å². The van der Waals surface area contributed by atoms with Crippen LogP contribution in [0.4, 0.5) is 17.6 Å². The highest BCUT2D eigenvalue weighted by Gasteiger charge is 2.35. The first kappa shape index (κ1) is 15.6. The van der Waals surface area contributed by atoms with Gasteiger partial charge in [0.2, 0.25) is 0 Å². The van der Waals surface area contributed by atoms with Gasteiger partial charge in [-0.25, -0.2) is 4.39 Å². The summed E-state index contributed by atoms with van der Waals surface area (Å²) in [6, 6.07) is 3.64. The van der Waals surface area contributed by atoms with E-state index in [1.165, 1.54) is 6.07 Å². The summed E-state index contributed by atoms with van der Waals surface area (Å²) in [6.07, 6.45) is -6.25. The summed E-state index contributed by atoms with van der Waals surface area (Å²) in [5.74, 6) is -1.40. The number of hydrogen-bond acceptors (Lipinski definition) is 2. The maximum atomic E-state index is 13.2. The Morgan fingerprint density at radius 3 is 2.30 bits per heavy atom. The summed E-state index contributed by atoms with van der Waals surface area (Å²) < 4.78 is 51.5. The van der Waals surface area contributed by atoms with Gasteiger partial charge in [0.05, 0.1) is 9.90 Å². The molecule has 108 valence electrons. The number of aliphatic hydroxyl groups is 1. The second-order valence-electron chi connectivity index (χ2n) is 3.92. The molecule has 0 spiro atoms. The van der Waals surface area contributed by atoms with Gasteiger partial charge in [-0.05, 0) is 23.8 Å². The summed E-state index contributed by atoms with van der Waals surface area (Å²) >= 11 is 12.5. The first-order valence-electron chi connectivity index (χ1n) is 5.19. The fourth-order valence-corrected chi connectivity index (χ4v) is 3.17. The number of halogens is 6. The van der Waals surface area contributed by atoms with Crippen LogP contribution in [-0.2, 0) is 6.18 Å². The molecule has 1 N–H and O–H groups in total. The molecule has 2 aromatic rings. The van der Waals surface area contributed by atoms with Crippen LogP contribution in [0.3, 0.4) is 0 Å². The second kappa shape index (κ2) is 5.52. The van der Waals surface area contributed by atoms with Crippen molar-refractivity contribution in [3.05, 3.63) is 55.4 Å². The molecule has 1 unspecified atom stereocenters. The molecule has 1 aromatic carbocycles. The van der Waals surface area contributed by atoms with Gasteiger partial charge < -0.3 is 5.11 Å². The van der Waals surface area contributed by atoms with Crippen molar-refractivity contribution in [3.8, 4) is 0 Å². The van der Waals surface area contributed by atoms with Crippen molar-refractivity contribution in [3.63, 3.8) is 0 Å². The summed E-state index contributed by atoms with van der Waals surface area (Å²) in [6.45, 7) is 0. The fourth-order valence-electron chi connectivity index (χ4n) is 1.65. The molecule has 8 heteroatoms. The largest absolute Gasteiger partial charge is 0.419 e. The van der Waals surface area contributed by atoms with E-state index in [0.717, 1.165) is 17.4 Å². The highest BCUT2D eigenvalue weighted by atomic mass is 35.5. The van der Waals surface area contributed by atoms with Gasteiger partial charge in [-0.15, -0.1) is 11.3 Å². The highest BCUT2D eigenvalue weighted by molar-refractivity contribution is 7.20. The number of alkyl halides is 3. The van der Waals surface area contributed by atoms with Gasteiger partial charge in [-0.3, -0.25) is 0 Å². The molecule has 0 aliphatic heterocycles. The van der Waals surface area contributed by atoms with Crippen LogP contribution < -0.4 is 0 Å². The van der Waals surface area contributed by atoms with Gasteiger partial charge in [0.1, 0.15) is 16.3 Å². The lowest BCUT2D eigenvalue weighted by molar-refractivity contribution is -0.140. The summed E-state index contributed by atoms with van der Waals surface area (Å²) in [5, 5.41) is 10.0. The minimum absolute atomic E-state index is 0.116. The third-order valence-electron chi connectivity index (χ3n) is 2.59. The third-order valence-corrected chi connectivity index (χ3v) is 4.11. The zero-order valence-corrected chi connectivity index (χ0v) is 11.8. The molecule has 1 nitrogen and oxygen atoms in total. The summed E-state index contributed by atoms with van der Waals surface area (Å²) in [7, 11) is 0. The first-order chi connectivity index (χ1) is 9.20. The number of aliphatic hydroxyl groups excluding tert-OH is 1. The molecule has 1 atom stereocenters. The topological polar surface area (TPSA) is 20.2 Å². The molecular formula is C12H6Cl2F4OS. The Balaban J connectivity index is 2.46. The summed E-state index contributed by atoms with van der Waals surface area (Å²) in [5.41, 5.74) is -1.37. The smallest absolute Gasteiger partial charge is 0.384 e. The predicted molar refractivity (Wildman–Crippen MR) is 69.8 cm³/mol. The SMILES string of the molecule is OC(c1ccc(F)c(C(F)(F)F)c1)c1cc(Cl)sc1Cl. The van der Waals surface area contributed by atoms with Crippen LogP contribution in [0.2, 0.25) is 8.67 Å². The Morgan fingerprint density at radius 1 is 1.15 bits per heavy atom. The zero-order valence-electron chi connectivity index (χ0n) is 9.51. The van der Waals surface area contributed by atoms with Crippen LogP contribution in [0.1, 0.15) is 22.8 Å². The van der Waals surface area contributed by atoms with Crippen LogP contribution in [0.15, 0.2) is 24.3 Å². The molecule has 0 saturated heterocycles. The summed E-state index contributed by atoms with van der Waals surface area (Å²) in [4.78, 5) is 0. The van der Waals surface area contributed by atoms with Crippen LogP contribution in [0.5, 0.6) is 0 Å². The maximum Gasteiger partial charge on any atom is 0.419 e. The molecule has 0 bridgehead atoms. The van der Waals surface area contributed by atoms with E-state index in [1.54, 1.807) is 0 Å². The van der Waals surface area contributed by atoms with Crippen LogP contribution >= 0.6 is 34.5 Å². The molecule has 0 fully saturated rings. The normalized spacial score (nSPS) is 13.6. The second-order valence-corrected chi connectivity index (χ2v) is 6.20. The Morgan fingerprint density at radius 2 is 1.80 bits per heavy atom. The molecule has 0 saturated carbocycles. The van der Waals surface area contributed by atoms with E-state index in [-0.39, 0.29) is 15.5 Å². The third kappa shape index (κ3) is 3.09. The van der Waals surface area contributed by atoms with Gasteiger partial charge >= 0.3 is 6.18 Å². The molecule has 0 aliphatic rings. The van der Waals surface area contributed by atoms with E-state index in [9.17, 15) is 22.7 Å². The minimum Gasteiger partial charge on any atom is -0.384 e. The average Bonchev–Trinajstić information content (AvgIpc) is 2.66. The quantitative estimate of drug-likeness (QED) is 0.733. The first-order valence-corrected chi connectivity index (χ1v) is 6.77. The number of rotatable bonds is 2. The number of thiophene rings is 1. The zero-order chi connectivity index (χ0) is 15.1. The lowest BCUT2D eigenvalue weighted by Crippen LogP contribution is -2.10. The Labute approximate surface area is 125 Å². The van der Waals surface area contributed by atoms with Gasteiger partial charge in [0.25, 0.3) is 0 Å². The van der Waals surface area contributed by atoms with Crippen molar-refractivity contribution in [2.24, 2.45) is 0 Å². The van der Waals surface area contributed by atoms with Gasteiger partial charge in [-0.1, -0.05) is 29.3 Å². The van der Waals surface area contributed by atoms with Gasteiger partial charge in [0, 0.05) is 5.56 Å². The van der Waals surface area contributed by atoms with Crippen molar-refractivity contribution < 1.29 is 22.7 Å². The molecule has 0 amide bonds. The molecule has 20 heavy (non-hydrogen) atoms. The molecule has 0 radical (unpaired) electrons. The Hall–Kier alpha value is -0.820. The van der Waals surface area contributed by atoms with Crippen LogP contribution in [0, 0.1) is 5.82 Å². The monoisotopic (exact) mass is 344 g/mol. The van der Waals surface area contributed by atoms with E-state index in [4.69, 9.17) is 23.2 Å². The van der Waals surface area contributed by atoms with Crippen molar-refractivity contribution in [2.45, 2.75) is 12.3 Å². The van der Waals surface area contributed by atoms with E-state index < -0.39 is 23.7 Å². The molecule has 1 heterocycles. The van der Waals surface area contributed by atoms with E-state index in [0.29, 0.717) is 16.5 Å². The molecular weight excluding hydrogens is 339 g/mol. The lowest BCUT2D eigenvalue weighted by Gasteiger charge is -2.14. The molecule has 0 aliphatic carbocycles. The van der Waals surface area contributed by atoms with Crippen LogP contribution in [0.25, 0.3) is 0 Å². The number of hydrogen-bond donors (Lipinski definition) is 1. The van der Waals surface area contributed by atoms with Crippen LogP contribution in [-0.4, -0.2) is 5.11 Å². The molecule has 1 aromatic heterocycles. The van der Waals surface area contributed by atoms with Gasteiger partial charge in [-0.2, -0.15) is 13.2 Å². The van der Waals surface area contributed by atoms with Crippen molar-refractivity contribution in [2.75, 3.05) is 0 Å². The lowest BCUT2D eigenvalue weighted by atomic mass is 10.0. The van der Waals surface area contributed by atoms with Gasteiger partial charge in [0.15, 0.2) is 0 Å². The fraction of sp³-hybridized carbons (Fsp3) is 0.167. The van der Waals surface area contributed by atoms with Crippen molar-refractivity contribution in [1.29, 1.82) is 0 Å². The maximum absolute atomic E-state index is 13.2. The average molecular weight is 345 g/mol. The highest BCUT2D eigenvalue weighted by Crippen LogP contribution is 2.39. The van der Waals surface area contributed by atoms with E-state index in [1.807, 2.05) is 0 Å². The number of benzene rings is 1. The Bertz CT molecular complexity index is 639. The van der Waals surface area contributed by atoms with Crippen molar-refractivity contribution >= 4 is 34.5 Å².